The molecule has 4 aromatic heterocycles. The van der Waals surface area contributed by atoms with Gasteiger partial charge in [-0.2, -0.15) is 31.4 Å². The number of aryl methyl sites for hydroxylation is 2. The number of carbonyl (C=O) groups is 2. The highest BCUT2D eigenvalue weighted by Gasteiger charge is 2.29. The quantitative estimate of drug-likeness (QED) is 0.0670. The lowest BCUT2D eigenvalue weighted by Gasteiger charge is -2.14. The molecule has 2 fully saturated rings. The molecule has 0 unspecified atom stereocenters. The summed E-state index contributed by atoms with van der Waals surface area (Å²) in [5.41, 5.74) is 6.97. The Morgan fingerprint density at radius 2 is 1.16 bits per heavy atom. The van der Waals surface area contributed by atoms with Gasteiger partial charge in [0.2, 0.25) is 0 Å². The molecule has 2 aliphatic rings. The summed E-state index contributed by atoms with van der Waals surface area (Å²) in [7, 11) is 0. The second kappa shape index (κ2) is 19.6. The van der Waals surface area contributed by atoms with Crippen molar-refractivity contribution in [3.8, 4) is 22.5 Å². The van der Waals surface area contributed by atoms with Crippen LogP contribution in [-0.4, -0.2) is 78.5 Å². The van der Waals surface area contributed by atoms with Gasteiger partial charge in [-0.05, 0) is 115 Å². The van der Waals surface area contributed by atoms with Gasteiger partial charge in [-0.3, -0.25) is 9.59 Å². The Morgan fingerprint density at radius 3 is 1.62 bits per heavy atom. The van der Waals surface area contributed by atoms with Crippen molar-refractivity contribution in [2.24, 2.45) is 0 Å². The van der Waals surface area contributed by atoms with Crippen molar-refractivity contribution in [3.05, 3.63) is 117 Å². The maximum Gasteiger partial charge on any atom is 0.390 e. The molecule has 68 heavy (non-hydrogen) atoms. The molecule has 9 rings (SSSR count). The van der Waals surface area contributed by atoms with E-state index in [0.717, 1.165) is 48.4 Å². The largest absolute Gasteiger partial charge is 0.390 e. The van der Waals surface area contributed by atoms with E-state index in [9.17, 15) is 40.3 Å². The topological polar surface area (TPSA) is 155 Å². The van der Waals surface area contributed by atoms with Gasteiger partial charge in [0, 0.05) is 58.5 Å². The molecule has 2 aliphatic carbocycles. The van der Waals surface area contributed by atoms with Crippen molar-refractivity contribution < 1.29 is 40.3 Å². The van der Waals surface area contributed by atoms with E-state index in [0.29, 0.717) is 44.0 Å². The first kappa shape index (κ1) is 48.0. The molecule has 0 atom stereocenters. The van der Waals surface area contributed by atoms with E-state index in [1.165, 1.54) is 22.7 Å². The summed E-state index contributed by atoms with van der Waals surface area (Å²) in [4.78, 5) is 33.6. The summed E-state index contributed by atoms with van der Waals surface area (Å²) in [6.45, 7) is 3.04. The molecule has 0 radical (unpaired) electrons. The predicted octanol–water partition coefficient (Wildman–Crippen LogP) is 11.2. The van der Waals surface area contributed by atoms with Crippen LogP contribution in [0.3, 0.4) is 0 Å². The van der Waals surface area contributed by atoms with Gasteiger partial charge < -0.3 is 26.6 Å². The van der Waals surface area contributed by atoms with Gasteiger partial charge >= 0.3 is 12.4 Å². The Kier molecular flexibility index (Phi) is 13.9. The third-order valence-electron chi connectivity index (χ3n) is 10.9. The molecular weight excluding hydrogens is 987 g/mol. The van der Waals surface area contributed by atoms with Crippen molar-refractivity contribution in [2.75, 3.05) is 29.0 Å². The van der Waals surface area contributed by atoms with Gasteiger partial charge in [0.15, 0.2) is 17.1 Å². The molecule has 0 bridgehead atoms. The number of amides is 2. The number of nitrogens with one attached hydrogen (secondary N) is 5. The summed E-state index contributed by atoms with van der Waals surface area (Å²) in [5, 5.41) is 23.5. The van der Waals surface area contributed by atoms with Crippen molar-refractivity contribution >= 4 is 73.5 Å². The molecule has 2 saturated carbocycles. The summed E-state index contributed by atoms with van der Waals surface area (Å²) in [5.74, 6) is -0.672. The van der Waals surface area contributed by atoms with Crippen LogP contribution in [0.15, 0.2) is 83.7 Å². The lowest BCUT2D eigenvalue weighted by Crippen LogP contribution is -2.26. The number of rotatable bonds is 14. The van der Waals surface area contributed by atoms with Gasteiger partial charge in [0.1, 0.15) is 10.4 Å². The molecule has 4 heterocycles. The minimum Gasteiger partial charge on any atom is -0.382 e. The summed E-state index contributed by atoms with van der Waals surface area (Å²) >= 11 is 9.14. The third-order valence-corrected chi connectivity index (χ3v) is 11.5. The number of halogens is 9. The number of alkyl halides is 6. The van der Waals surface area contributed by atoms with Crippen LogP contribution >= 0.6 is 27.5 Å². The van der Waals surface area contributed by atoms with Gasteiger partial charge in [0.25, 0.3) is 11.8 Å². The number of aromatic nitrogens is 6. The molecular formula is C46H42BrClF7N11O2. The van der Waals surface area contributed by atoms with Crippen LogP contribution in [0.1, 0.15) is 70.4 Å². The Morgan fingerprint density at radius 1 is 0.676 bits per heavy atom. The van der Waals surface area contributed by atoms with Gasteiger partial charge in [-0.25, -0.2) is 23.4 Å². The summed E-state index contributed by atoms with van der Waals surface area (Å²) < 4.78 is 93.6. The number of imidazole rings is 2. The average Bonchev–Trinajstić information content (AvgIpc) is 4.17. The maximum absolute atomic E-state index is 14.4. The second-order valence-electron chi connectivity index (χ2n) is 16.5. The average molecular weight is 1030 g/mol. The lowest BCUT2D eigenvalue weighted by molar-refractivity contribution is -0.132. The molecule has 356 valence electrons. The highest BCUT2D eigenvalue weighted by molar-refractivity contribution is 9.10. The minimum atomic E-state index is -4.34. The van der Waals surface area contributed by atoms with E-state index >= 15 is 0 Å². The number of nitrogens with zero attached hydrogens (tertiary/aromatic N) is 6. The first-order valence-electron chi connectivity index (χ1n) is 21.4. The van der Waals surface area contributed by atoms with Crippen molar-refractivity contribution in [1.29, 1.82) is 0 Å². The third kappa shape index (κ3) is 12.0. The Labute approximate surface area is 397 Å². The van der Waals surface area contributed by atoms with Crippen LogP contribution in [0, 0.1) is 19.7 Å². The predicted molar refractivity (Wildman–Crippen MR) is 248 cm³/mol. The molecule has 5 N–H and O–H groups in total. The standard InChI is InChI=1S/C26H23ClF4N6O.C20H19BrF3N5O/c1-14-10-15(2-6-18(14)25(38)34-17-4-5-17)22-13-33-24-21(32-9-8-26(29,30)31)12-23(36-37(22)24)35-20-7-3-16(27)11-19(20)28;1-11-8-12(2-5-14(11)19(30)27-13-3-4-13)16-10-26-18-15(9-17(21)28-29(16)18)25-7-6-20(22,23)24/h2-3,6-7,10-13,17,32H,4-5,8-9H2,1H3,(H,34,38)(H,35,36);2,5,8-10,13,25H,3-4,6-7H2,1H3,(H,27,30). The molecule has 0 saturated heterocycles. The Hall–Kier alpha value is -6.48. The molecule has 2 amide bonds. The number of carbonyl (C=O) groups excluding carboxylic acids is 2. The van der Waals surface area contributed by atoms with E-state index in [2.05, 4.69) is 62.7 Å². The Balaban J connectivity index is 0.000000189. The number of hydrogen-bond donors (Lipinski definition) is 5. The zero-order chi connectivity index (χ0) is 48.5. The number of anilines is 4. The highest BCUT2D eigenvalue weighted by Crippen LogP contribution is 2.32. The second-order valence-corrected chi connectivity index (χ2v) is 17.7. The highest BCUT2D eigenvalue weighted by atomic mass is 79.9. The van der Waals surface area contributed by atoms with Crippen LogP contribution in [0.5, 0.6) is 0 Å². The van der Waals surface area contributed by atoms with E-state index in [4.69, 9.17) is 11.6 Å². The maximum atomic E-state index is 14.4. The first-order valence-corrected chi connectivity index (χ1v) is 22.6. The first-order chi connectivity index (χ1) is 32.3. The summed E-state index contributed by atoms with van der Waals surface area (Å²) in [6.07, 6.45) is -3.42. The normalized spacial score (nSPS) is 13.8. The van der Waals surface area contributed by atoms with Crippen molar-refractivity contribution in [1.82, 2.24) is 39.8 Å². The molecule has 0 spiro atoms. The number of benzene rings is 3. The van der Waals surface area contributed by atoms with Gasteiger partial charge in [-0.1, -0.05) is 23.7 Å². The van der Waals surface area contributed by atoms with E-state index in [-0.39, 0.29) is 64.8 Å². The molecule has 7 aromatic rings. The lowest BCUT2D eigenvalue weighted by atomic mass is 10.0. The fourth-order valence-corrected chi connectivity index (χ4v) is 7.71. The monoisotopic (exact) mass is 1030 g/mol. The van der Waals surface area contributed by atoms with E-state index in [1.54, 1.807) is 41.2 Å². The van der Waals surface area contributed by atoms with Crippen molar-refractivity contribution in [3.63, 3.8) is 0 Å². The van der Waals surface area contributed by atoms with Gasteiger partial charge in [-0.15, -0.1) is 5.10 Å². The van der Waals surface area contributed by atoms with Crippen LogP contribution in [0.25, 0.3) is 33.8 Å². The zero-order valence-electron chi connectivity index (χ0n) is 36.2. The minimum absolute atomic E-state index is 0.0864. The number of fused-ring (bicyclic) bond motifs is 2. The zero-order valence-corrected chi connectivity index (χ0v) is 38.6. The van der Waals surface area contributed by atoms with Crippen LogP contribution in [0.2, 0.25) is 5.02 Å². The fraction of sp³-hybridized carbons (Fsp3) is 0.304. The summed E-state index contributed by atoms with van der Waals surface area (Å²) in [6, 6.07) is 18.4. The van der Waals surface area contributed by atoms with Crippen LogP contribution < -0.4 is 26.6 Å². The molecule has 0 aliphatic heterocycles. The van der Waals surface area contributed by atoms with E-state index in [1.807, 2.05) is 32.0 Å². The van der Waals surface area contributed by atoms with Crippen molar-refractivity contribution in [2.45, 2.75) is 76.8 Å². The molecule has 13 nitrogen and oxygen atoms in total. The van der Waals surface area contributed by atoms with E-state index < -0.39 is 31.0 Å². The van der Waals surface area contributed by atoms with Crippen LogP contribution in [-0.2, 0) is 0 Å². The van der Waals surface area contributed by atoms with Gasteiger partial charge in [0.05, 0.1) is 53.7 Å². The van der Waals surface area contributed by atoms with Crippen LogP contribution in [0.4, 0.5) is 53.6 Å². The SMILES string of the molecule is Cc1cc(-c2cnc3c(NCCC(F)(F)F)cc(Br)nn23)ccc1C(=O)NC1CC1.Cc1cc(-c2cnc3c(NCCC(F)(F)F)cc(Nc4ccc(Cl)cc4F)nn23)ccc1C(=O)NC1CC1. The molecule has 3 aromatic carbocycles. The Bertz CT molecular complexity index is 3020. The molecule has 22 heteroatoms. The smallest absolute Gasteiger partial charge is 0.382 e. The number of hydrogen-bond acceptors (Lipinski definition) is 9. The fourth-order valence-electron chi connectivity index (χ4n) is 7.17.